The summed E-state index contributed by atoms with van der Waals surface area (Å²) in [5.74, 6) is 4.67. The summed E-state index contributed by atoms with van der Waals surface area (Å²) in [4.78, 5) is 0. The van der Waals surface area contributed by atoms with Crippen molar-refractivity contribution in [2.24, 2.45) is 35.0 Å². The average Bonchev–Trinajstić information content (AvgIpc) is 2.90. The minimum atomic E-state index is -0.331. The predicted octanol–water partition coefficient (Wildman–Crippen LogP) is 5.73. The van der Waals surface area contributed by atoms with Crippen molar-refractivity contribution in [2.75, 3.05) is 0 Å². The molecule has 0 radical (unpaired) electrons. The molecule has 0 heterocycles. The first-order chi connectivity index (χ1) is 11.0. The van der Waals surface area contributed by atoms with Crippen LogP contribution in [0.3, 0.4) is 0 Å². The van der Waals surface area contributed by atoms with Crippen molar-refractivity contribution in [2.45, 2.75) is 90.6 Å². The number of fused-ring (bicyclic) bond motifs is 5. The van der Waals surface area contributed by atoms with Gasteiger partial charge in [-0.2, -0.15) is 0 Å². The predicted molar refractivity (Wildman–Crippen MR) is 96.1 cm³/mol. The summed E-state index contributed by atoms with van der Waals surface area (Å²) in [5.41, 5.74) is 1.97. The lowest BCUT2D eigenvalue weighted by atomic mass is 9.49. The van der Waals surface area contributed by atoms with Crippen LogP contribution in [-0.4, -0.2) is 10.7 Å². The highest BCUT2D eigenvalue weighted by atomic mass is 16.3. The first kappa shape index (κ1) is 16.2. The maximum absolute atomic E-state index is 10.8. The fourth-order valence-electron chi connectivity index (χ4n) is 7.61. The molecule has 7 atom stereocenters. The molecule has 0 aromatic rings. The minimum Gasteiger partial charge on any atom is -0.390 e. The van der Waals surface area contributed by atoms with Crippen molar-refractivity contribution in [1.82, 2.24) is 0 Å². The van der Waals surface area contributed by atoms with Gasteiger partial charge in [-0.25, -0.2) is 0 Å². The highest BCUT2D eigenvalue weighted by molar-refractivity contribution is 5.23. The van der Waals surface area contributed by atoms with Gasteiger partial charge in [0.2, 0.25) is 0 Å². The normalized spacial score (nSPS) is 54.4. The summed E-state index contributed by atoms with van der Waals surface area (Å²) < 4.78 is 0. The first-order valence-electron chi connectivity index (χ1n) is 10.4. The molecule has 23 heavy (non-hydrogen) atoms. The molecule has 4 aliphatic carbocycles. The van der Waals surface area contributed by atoms with Crippen molar-refractivity contribution in [3.63, 3.8) is 0 Å². The van der Waals surface area contributed by atoms with E-state index >= 15 is 0 Å². The van der Waals surface area contributed by atoms with Crippen LogP contribution in [0.4, 0.5) is 0 Å². The summed E-state index contributed by atoms with van der Waals surface area (Å²) in [6.45, 7) is 7.02. The SMILES string of the molecule is CC=C1CC[C@H]2[C@@H]3CC[C@@H]4C[C@](O)(CC)CC[C@@H]4[C@H]3CC[C@]12C. The fraction of sp³-hybridized carbons (Fsp3) is 0.909. The van der Waals surface area contributed by atoms with E-state index in [1.54, 1.807) is 5.57 Å². The van der Waals surface area contributed by atoms with Gasteiger partial charge in [-0.1, -0.05) is 25.5 Å². The van der Waals surface area contributed by atoms with Gasteiger partial charge in [0.15, 0.2) is 0 Å². The number of aliphatic hydroxyl groups is 1. The van der Waals surface area contributed by atoms with Gasteiger partial charge in [-0.15, -0.1) is 0 Å². The maximum Gasteiger partial charge on any atom is 0.0648 e. The third-order valence-corrected chi connectivity index (χ3v) is 8.96. The second kappa shape index (κ2) is 5.61. The Balaban J connectivity index is 1.55. The molecular weight excluding hydrogens is 280 g/mol. The molecule has 130 valence electrons. The van der Waals surface area contributed by atoms with Crippen molar-refractivity contribution < 1.29 is 5.11 Å². The summed E-state index contributed by atoms with van der Waals surface area (Å²) in [5, 5.41) is 10.8. The van der Waals surface area contributed by atoms with Gasteiger partial charge in [0, 0.05) is 0 Å². The standard InChI is InChI=1S/C22H36O/c1-4-16-7-9-20-19-8-6-15-14-22(23,5-2)13-11-17(15)18(19)10-12-21(16,20)3/h4,15,17-20,23H,5-14H2,1-3H3/t15-,17+,18-,19-,20+,21-,22+/m1/s1. The molecule has 0 spiro atoms. The molecule has 0 bridgehead atoms. The van der Waals surface area contributed by atoms with E-state index in [2.05, 4.69) is 26.8 Å². The average molecular weight is 317 g/mol. The van der Waals surface area contributed by atoms with Crippen LogP contribution in [0.1, 0.15) is 85.0 Å². The summed E-state index contributed by atoms with van der Waals surface area (Å²) in [6, 6.07) is 0. The lowest BCUT2D eigenvalue weighted by Gasteiger charge is -2.56. The number of hydrogen-bond acceptors (Lipinski definition) is 1. The Morgan fingerprint density at radius 1 is 1.04 bits per heavy atom. The fourth-order valence-corrected chi connectivity index (χ4v) is 7.61. The van der Waals surface area contributed by atoms with E-state index in [4.69, 9.17) is 0 Å². The number of rotatable bonds is 1. The van der Waals surface area contributed by atoms with Gasteiger partial charge in [0.05, 0.1) is 5.60 Å². The van der Waals surface area contributed by atoms with Crippen molar-refractivity contribution in [1.29, 1.82) is 0 Å². The molecular formula is C22H36O. The summed E-state index contributed by atoms with van der Waals surface area (Å²) in [7, 11) is 0. The Hall–Kier alpha value is -0.300. The zero-order valence-electron chi connectivity index (χ0n) is 15.5. The molecule has 0 amide bonds. The highest BCUT2D eigenvalue weighted by Crippen LogP contribution is 2.64. The van der Waals surface area contributed by atoms with Crippen LogP contribution in [0.2, 0.25) is 0 Å². The molecule has 0 saturated heterocycles. The topological polar surface area (TPSA) is 20.2 Å². The third kappa shape index (κ3) is 2.36. The zero-order chi connectivity index (χ0) is 16.2. The molecule has 0 aromatic heterocycles. The van der Waals surface area contributed by atoms with E-state index in [1.807, 2.05) is 0 Å². The third-order valence-electron chi connectivity index (χ3n) is 8.96. The molecule has 1 N–H and O–H groups in total. The maximum atomic E-state index is 10.8. The van der Waals surface area contributed by atoms with Crippen LogP contribution in [0.15, 0.2) is 11.6 Å². The molecule has 1 nitrogen and oxygen atoms in total. The van der Waals surface area contributed by atoms with E-state index in [9.17, 15) is 5.11 Å². The Morgan fingerprint density at radius 2 is 1.83 bits per heavy atom. The molecule has 1 heteroatoms. The molecule has 4 aliphatic rings. The second-order valence-electron chi connectivity index (χ2n) is 9.56. The minimum absolute atomic E-state index is 0.331. The molecule has 4 saturated carbocycles. The molecule has 0 aromatic carbocycles. The van der Waals surface area contributed by atoms with Crippen molar-refractivity contribution in [3.8, 4) is 0 Å². The van der Waals surface area contributed by atoms with Gasteiger partial charge >= 0.3 is 0 Å². The van der Waals surface area contributed by atoms with Crippen LogP contribution in [-0.2, 0) is 0 Å². The van der Waals surface area contributed by atoms with E-state index in [0.29, 0.717) is 5.41 Å². The Labute approximate surface area is 142 Å². The van der Waals surface area contributed by atoms with Gasteiger partial charge in [0.1, 0.15) is 0 Å². The molecule has 4 rings (SSSR count). The van der Waals surface area contributed by atoms with Crippen LogP contribution in [0.25, 0.3) is 0 Å². The van der Waals surface area contributed by atoms with Crippen LogP contribution in [0, 0.1) is 35.0 Å². The van der Waals surface area contributed by atoms with E-state index in [1.165, 1.54) is 44.9 Å². The largest absolute Gasteiger partial charge is 0.390 e. The number of hydrogen-bond donors (Lipinski definition) is 1. The smallest absolute Gasteiger partial charge is 0.0648 e. The molecule has 4 fully saturated rings. The highest BCUT2D eigenvalue weighted by Gasteiger charge is 2.55. The van der Waals surface area contributed by atoms with E-state index in [0.717, 1.165) is 48.9 Å². The van der Waals surface area contributed by atoms with Crippen LogP contribution in [0.5, 0.6) is 0 Å². The molecule has 0 aliphatic heterocycles. The Bertz CT molecular complexity index is 494. The van der Waals surface area contributed by atoms with E-state index < -0.39 is 0 Å². The van der Waals surface area contributed by atoms with Crippen molar-refractivity contribution >= 4 is 0 Å². The quantitative estimate of drug-likeness (QED) is 0.613. The van der Waals surface area contributed by atoms with Gasteiger partial charge < -0.3 is 5.11 Å². The van der Waals surface area contributed by atoms with Gasteiger partial charge in [-0.3, -0.25) is 0 Å². The Morgan fingerprint density at radius 3 is 2.57 bits per heavy atom. The van der Waals surface area contributed by atoms with Crippen molar-refractivity contribution in [3.05, 3.63) is 11.6 Å². The lowest BCUT2D eigenvalue weighted by Crippen LogP contribution is -2.50. The summed E-state index contributed by atoms with van der Waals surface area (Å²) in [6.07, 6.45) is 15.4. The first-order valence-corrected chi connectivity index (χ1v) is 10.4. The second-order valence-corrected chi connectivity index (χ2v) is 9.56. The van der Waals surface area contributed by atoms with E-state index in [-0.39, 0.29) is 5.60 Å². The summed E-state index contributed by atoms with van der Waals surface area (Å²) >= 11 is 0. The Kier molecular flexibility index (Phi) is 3.95. The number of allylic oxidation sites excluding steroid dienone is 2. The van der Waals surface area contributed by atoms with Crippen LogP contribution < -0.4 is 0 Å². The van der Waals surface area contributed by atoms with Gasteiger partial charge in [0.25, 0.3) is 0 Å². The van der Waals surface area contributed by atoms with Gasteiger partial charge in [-0.05, 0) is 106 Å². The molecule has 0 unspecified atom stereocenters. The zero-order valence-corrected chi connectivity index (χ0v) is 15.5. The monoisotopic (exact) mass is 316 g/mol. The lowest BCUT2D eigenvalue weighted by molar-refractivity contribution is -0.0980. The van der Waals surface area contributed by atoms with Crippen LogP contribution >= 0.6 is 0 Å².